The van der Waals surface area contributed by atoms with Gasteiger partial charge in [0.1, 0.15) is 0 Å². The molecule has 5 heteroatoms. The van der Waals surface area contributed by atoms with E-state index >= 15 is 0 Å². The standard InChI is InChI=1S/C9H16O4S/c1-6-5-13-14(11,12)9-4-7(10)2-3-8(6)9/h6-10H,2-5H2,1H3/t6-,7-,8+,9+/m1/s1. The molecule has 0 radical (unpaired) electrons. The van der Waals surface area contributed by atoms with Crippen LogP contribution in [-0.4, -0.2) is 31.5 Å². The average molecular weight is 220 g/mol. The minimum absolute atomic E-state index is 0.178. The van der Waals surface area contributed by atoms with Crippen LogP contribution in [0.25, 0.3) is 0 Å². The van der Waals surface area contributed by atoms with Crippen LogP contribution in [0.5, 0.6) is 0 Å². The van der Waals surface area contributed by atoms with E-state index in [2.05, 4.69) is 0 Å². The Morgan fingerprint density at radius 2 is 2.07 bits per heavy atom. The van der Waals surface area contributed by atoms with Gasteiger partial charge in [-0.05, 0) is 31.1 Å². The van der Waals surface area contributed by atoms with Crippen molar-refractivity contribution in [3.05, 3.63) is 0 Å². The summed E-state index contributed by atoms with van der Waals surface area (Å²) in [4.78, 5) is 0. The quantitative estimate of drug-likeness (QED) is 0.604. The molecule has 0 aromatic heterocycles. The second-order valence-corrected chi connectivity index (χ2v) is 6.25. The predicted octanol–water partition coefficient (Wildman–Crippen LogP) is 0.512. The van der Waals surface area contributed by atoms with E-state index in [1.165, 1.54) is 0 Å². The van der Waals surface area contributed by atoms with Crippen molar-refractivity contribution in [1.82, 2.24) is 0 Å². The number of aliphatic hydroxyl groups excluding tert-OH is 1. The minimum atomic E-state index is -3.41. The number of aliphatic hydroxyl groups is 1. The number of fused-ring (bicyclic) bond motifs is 1. The Kier molecular flexibility index (Phi) is 2.57. The van der Waals surface area contributed by atoms with E-state index in [-0.39, 0.29) is 11.8 Å². The first-order chi connectivity index (χ1) is 6.50. The lowest BCUT2D eigenvalue weighted by Crippen LogP contribution is -2.46. The topological polar surface area (TPSA) is 63.6 Å². The lowest BCUT2D eigenvalue weighted by Gasteiger charge is -2.40. The highest BCUT2D eigenvalue weighted by atomic mass is 32.2. The molecule has 4 nitrogen and oxygen atoms in total. The van der Waals surface area contributed by atoms with Crippen LogP contribution in [0.2, 0.25) is 0 Å². The first kappa shape index (κ1) is 10.4. The molecule has 1 saturated carbocycles. The summed E-state index contributed by atoms with van der Waals surface area (Å²) in [6.45, 7) is 2.32. The van der Waals surface area contributed by atoms with Crippen molar-refractivity contribution >= 4 is 10.1 Å². The van der Waals surface area contributed by atoms with E-state index in [1.54, 1.807) is 0 Å². The lowest BCUT2D eigenvalue weighted by molar-refractivity contribution is 0.0656. The monoisotopic (exact) mass is 220 g/mol. The summed E-state index contributed by atoms with van der Waals surface area (Å²) in [5, 5.41) is 8.97. The van der Waals surface area contributed by atoms with Gasteiger partial charge in [0.25, 0.3) is 10.1 Å². The third-order valence-electron chi connectivity index (χ3n) is 3.41. The molecule has 0 spiro atoms. The highest BCUT2D eigenvalue weighted by molar-refractivity contribution is 7.87. The van der Waals surface area contributed by atoms with Gasteiger partial charge in [-0.1, -0.05) is 6.92 Å². The zero-order chi connectivity index (χ0) is 10.3. The van der Waals surface area contributed by atoms with E-state index in [1.807, 2.05) is 6.92 Å². The molecule has 4 atom stereocenters. The normalized spacial score (nSPS) is 47.0. The molecule has 0 aromatic rings. The molecule has 0 bridgehead atoms. The van der Waals surface area contributed by atoms with Gasteiger partial charge in [-0.2, -0.15) is 8.42 Å². The van der Waals surface area contributed by atoms with Gasteiger partial charge in [0, 0.05) is 0 Å². The molecule has 0 aromatic carbocycles. The van der Waals surface area contributed by atoms with Crippen LogP contribution in [0.1, 0.15) is 26.2 Å². The van der Waals surface area contributed by atoms with Gasteiger partial charge < -0.3 is 5.11 Å². The molecule has 0 unspecified atom stereocenters. The second kappa shape index (κ2) is 3.47. The van der Waals surface area contributed by atoms with Crippen LogP contribution in [0.15, 0.2) is 0 Å². The van der Waals surface area contributed by atoms with Crippen molar-refractivity contribution in [3.63, 3.8) is 0 Å². The summed E-state index contributed by atoms with van der Waals surface area (Å²) in [6.07, 6.45) is 1.40. The van der Waals surface area contributed by atoms with Crippen molar-refractivity contribution in [2.24, 2.45) is 11.8 Å². The van der Waals surface area contributed by atoms with Crippen LogP contribution >= 0.6 is 0 Å². The highest BCUT2D eigenvalue weighted by Crippen LogP contribution is 2.38. The Balaban J connectivity index is 2.24. The molecule has 1 aliphatic carbocycles. The van der Waals surface area contributed by atoms with Crippen molar-refractivity contribution in [2.45, 2.75) is 37.5 Å². The largest absolute Gasteiger partial charge is 0.393 e. The van der Waals surface area contributed by atoms with Crippen molar-refractivity contribution < 1.29 is 17.7 Å². The van der Waals surface area contributed by atoms with Crippen LogP contribution in [0.3, 0.4) is 0 Å². The average Bonchev–Trinajstić information content (AvgIpc) is 2.12. The zero-order valence-corrected chi connectivity index (χ0v) is 9.03. The van der Waals surface area contributed by atoms with Crippen LogP contribution in [0, 0.1) is 11.8 Å². The molecular formula is C9H16O4S. The third kappa shape index (κ3) is 1.68. The summed E-state index contributed by atoms with van der Waals surface area (Å²) in [7, 11) is -3.41. The fourth-order valence-corrected chi connectivity index (χ4v) is 4.40. The summed E-state index contributed by atoms with van der Waals surface area (Å²) in [6, 6.07) is 0. The summed E-state index contributed by atoms with van der Waals surface area (Å²) < 4.78 is 28.0. The van der Waals surface area contributed by atoms with Gasteiger partial charge >= 0.3 is 0 Å². The predicted molar refractivity (Wildman–Crippen MR) is 51.2 cm³/mol. The van der Waals surface area contributed by atoms with Gasteiger partial charge in [-0.15, -0.1) is 0 Å². The Bertz CT molecular complexity index is 311. The molecule has 0 amide bonds. The van der Waals surface area contributed by atoms with Gasteiger partial charge in [-0.25, -0.2) is 0 Å². The number of hydrogen-bond acceptors (Lipinski definition) is 4. The minimum Gasteiger partial charge on any atom is -0.393 e. The first-order valence-corrected chi connectivity index (χ1v) is 6.54. The fourth-order valence-electron chi connectivity index (χ4n) is 2.53. The van der Waals surface area contributed by atoms with E-state index < -0.39 is 21.5 Å². The van der Waals surface area contributed by atoms with Crippen molar-refractivity contribution in [3.8, 4) is 0 Å². The highest BCUT2D eigenvalue weighted by Gasteiger charge is 2.45. The summed E-state index contributed by atoms with van der Waals surface area (Å²) >= 11 is 0. The maximum atomic E-state index is 11.6. The number of rotatable bonds is 0. The SMILES string of the molecule is C[C@@H]1COS(=O)(=O)[C@H]2C[C@H](O)CC[C@@H]12. The summed E-state index contributed by atoms with van der Waals surface area (Å²) in [5.41, 5.74) is 0. The van der Waals surface area contributed by atoms with E-state index in [0.29, 0.717) is 13.0 Å². The summed E-state index contributed by atoms with van der Waals surface area (Å²) in [5.74, 6) is 0.466. The molecule has 2 aliphatic rings. The van der Waals surface area contributed by atoms with E-state index in [4.69, 9.17) is 4.18 Å². The second-order valence-electron chi connectivity index (χ2n) is 4.42. The Hall–Kier alpha value is -0.130. The number of hydrogen-bond donors (Lipinski definition) is 1. The maximum Gasteiger partial charge on any atom is 0.270 e. The van der Waals surface area contributed by atoms with Crippen molar-refractivity contribution in [2.75, 3.05) is 6.61 Å². The molecule has 82 valence electrons. The van der Waals surface area contributed by atoms with Crippen molar-refractivity contribution in [1.29, 1.82) is 0 Å². The molecular weight excluding hydrogens is 204 g/mol. The van der Waals surface area contributed by atoms with Gasteiger partial charge in [0.2, 0.25) is 0 Å². The molecule has 1 heterocycles. The van der Waals surface area contributed by atoms with E-state index in [0.717, 1.165) is 12.8 Å². The fraction of sp³-hybridized carbons (Fsp3) is 1.00. The molecule has 2 rings (SSSR count). The molecule has 1 N–H and O–H groups in total. The lowest BCUT2D eigenvalue weighted by atomic mass is 9.79. The molecule has 1 aliphatic heterocycles. The smallest absolute Gasteiger partial charge is 0.270 e. The molecule has 2 fully saturated rings. The Morgan fingerprint density at radius 3 is 2.79 bits per heavy atom. The zero-order valence-electron chi connectivity index (χ0n) is 8.22. The van der Waals surface area contributed by atoms with Gasteiger partial charge in [0.15, 0.2) is 0 Å². The Labute approximate surface area is 84.4 Å². The van der Waals surface area contributed by atoms with Crippen LogP contribution < -0.4 is 0 Å². The molecule has 1 saturated heterocycles. The van der Waals surface area contributed by atoms with E-state index in [9.17, 15) is 13.5 Å². The van der Waals surface area contributed by atoms with Gasteiger partial charge in [-0.3, -0.25) is 4.18 Å². The van der Waals surface area contributed by atoms with Crippen LogP contribution in [-0.2, 0) is 14.3 Å². The Morgan fingerprint density at radius 1 is 1.36 bits per heavy atom. The van der Waals surface area contributed by atoms with Gasteiger partial charge in [0.05, 0.1) is 18.0 Å². The van der Waals surface area contributed by atoms with Crippen LogP contribution in [0.4, 0.5) is 0 Å². The third-order valence-corrected chi connectivity index (χ3v) is 5.16. The molecule has 14 heavy (non-hydrogen) atoms. The first-order valence-electron chi connectivity index (χ1n) is 5.07. The maximum absolute atomic E-state index is 11.6.